The molecule has 0 spiro atoms. The SMILES string of the molecule is CN(Cc1ccc(F)cc1)C(=O)CN1CCC[C@H](c2ccn[nH]2)C1. The van der Waals surface area contributed by atoms with E-state index in [4.69, 9.17) is 0 Å². The molecule has 128 valence electrons. The normalized spacial score (nSPS) is 18.5. The highest BCUT2D eigenvalue weighted by molar-refractivity contribution is 5.78. The average molecular weight is 330 g/mol. The van der Waals surface area contributed by atoms with Gasteiger partial charge in [-0.3, -0.25) is 14.8 Å². The van der Waals surface area contributed by atoms with Crippen molar-refractivity contribution in [2.24, 2.45) is 0 Å². The molecule has 3 rings (SSSR count). The smallest absolute Gasteiger partial charge is 0.236 e. The first-order valence-corrected chi connectivity index (χ1v) is 8.32. The van der Waals surface area contributed by atoms with Crippen LogP contribution in [0.15, 0.2) is 36.5 Å². The second-order valence-electron chi connectivity index (χ2n) is 6.46. The number of amides is 1. The van der Waals surface area contributed by atoms with Gasteiger partial charge in [-0.05, 0) is 43.1 Å². The Morgan fingerprint density at radius 2 is 2.17 bits per heavy atom. The van der Waals surface area contributed by atoms with E-state index in [2.05, 4.69) is 15.1 Å². The zero-order chi connectivity index (χ0) is 16.9. The van der Waals surface area contributed by atoms with Crippen LogP contribution in [0.1, 0.15) is 30.0 Å². The van der Waals surface area contributed by atoms with E-state index in [-0.39, 0.29) is 11.7 Å². The van der Waals surface area contributed by atoms with Gasteiger partial charge in [0.25, 0.3) is 0 Å². The van der Waals surface area contributed by atoms with Gasteiger partial charge in [-0.1, -0.05) is 12.1 Å². The van der Waals surface area contributed by atoms with Crippen molar-refractivity contribution in [1.82, 2.24) is 20.0 Å². The lowest BCUT2D eigenvalue weighted by atomic mass is 9.95. The molecule has 2 aromatic rings. The maximum atomic E-state index is 13.0. The molecule has 1 atom stereocenters. The number of piperidine rings is 1. The minimum atomic E-state index is -0.258. The highest BCUT2D eigenvalue weighted by Crippen LogP contribution is 2.25. The lowest BCUT2D eigenvalue weighted by Crippen LogP contribution is -2.42. The molecule has 6 heteroatoms. The number of benzene rings is 1. The number of hydrogen-bond donors (Lipinski definition) is 1. The molecule has 1 saturated heterocycles. The Hall–Kier alpha value is -2.21. The third-order valence-electron chi connectivity index (χ3n) is 4.59. The van der Waals surface area contributed by atoms with E-state index in [9.17, 15) is 9.18 Å². The van der Waals surface area contributed by atoms with E-state index < -0.39 is 0 Å². The lowest BCUT2D eigenvalue weighted by Gasteiger charge is -2.32. The van der Waals surface area contributed by atoms with Gasteiger partial charge in [0.1, 0.15) is 5.82 Å². The molecular formula is C18H23FN4O. The molecule has 1 aromatic carbocycles. The van der Waals surface area contributed by atoms with Crippen molar-refractivity contribution < 1.29 is 9.18 Å². The predicted octanol–water partition coefficient (Wildman–Crippen LogP) is 2.39. The number of carbonyl (C=O) groups is 1. The molecule has 0 unspecified atom stereocenters. The molecule has 0 aliphatic carbocycles. The number of halogens is 1. The molecule has 1 aliphatic heterocycles. The zero-order valence-electron chi connectivity index (χ0n) is 13.9. The lowest BCUT2D eigenvalue weighted by molar-refractivity contribution is -0.131. The van der Waals surface area contributed by atoms with E-state index in [1.807, 2.05) is 6.07 Å². The molecule has 1 amide bonds. The molecular weight excluding hydrogens is 307 g/mol. The Morgan fingerprint density at radius 1 is 1.38 bits per heavy atom. The summed E-state index contributed by atoms with van der Waals surface area (Å²) in [5.74, 6) is 0.243. The minimum Gasteiger partial charge on any atom is -0.340 e. The van der Waals surface area contributed by atoms with Gasteiger partial charge in [-0.2, -0.15) is 5.10 Å². The van der Waals surface area contributed by atoms with Gasteiger partial charge in [0, 0.05) is 37.9 Å². The number of nitrogens with zero attached hydrogens (tertiary/aromatic N) is 3. The number of rotatable bonds is 5. The quantitative estimate of drug-likeness (QED) is 0.916. The van der Waals surface area contributed by atoms with Crippen LogP contribution >= 0.6 is 0 Å². The molecule has 1 aromatic heterocycles. The Kier molecular flexibility index (Phi) is 5.25. The zero-order valence-corrected chi connectivity index (χ0v) is 13.9. The fourth-order valence-corrected chi connectivity index (χ4v) is 3.21. The van der Waals surface area contributed by atoms with Gasteiger partial charge in [0.15, 0.2) is 0 Å². The van der Waals surface area contributed by atoms with Crippen LogP contribution in [0, 0.1) is 5.82 Å². The Balaban J connectivity index is 1.52. The van der Waals surface area contributed by atoms with Crippen LogP contribution in [0.5, 0.6) is 0 Å². The summed E-state index contributed by atoms with van der Waals surface area (Å²) in [5, 5.41) is 7.06. The number of aromatic nitrogens is 2. The molecule has 1 N–H and O–H groups in total. The van der Waals surface area contributed by atoms with E-state index in [0.717, 1.165) is 37.2 Å². The topological polar surface area (TPSA) is 52.2 Å². The summed E-state index contributed by atoms with van der Waals surface area (Å²) in [4.78, 5) is 16.4. The van der Waals surface area contributed by atoms with E-state index in [1.54, 1.807) is 30.3 Å². The second kappa shape index (κ2) is 7.57. The molecule has 5 nitrogen and oxygen atoms in total. The predicted molar refractivity (Wildman–Crippen MR) is 89.9 cm³/mol. The van der Waals surface area contributed by atoms with E-state index >= 15 is 0 Å². The average Bonchev–Trinajstić information content (AvgIpc) is 3.12. The number of H-pyrrole nitrogens is 1. The van der Waals surface area contributed by atoms with Crippen molar-refractivity contribution in [1.29, 1.82) is 0 Å². The van der Waals surface area contributed by atoms with Crippen LogP contribution in [0.4, 0.5) is 4.39 Å². The molecule has 0 saturated carbocycles. The summed E-state index contributed by atoms with van der Waals surface area (Å²) >= 11 is 0. The fraction of sp³-hybridized carbons (Fsp3) is 0.444. The van der Waals surface area contributed by atoms with Crippen LogP contribution in [-0.4, -0.2) is 52.6 Å². The Labute approximate surface area is 141 Å². The largest absolute Gasteiger partial charge is 0.340 e. The number of likely N-dealkylation sites (N-methyl/N-ethyl adjacent to an activating group) is 1. The van der Waals surface area contributed by atoms with E-state index in [1.165, 1.54) is 12.1 Å². The number of hydrogen-bond acceptors (Lipinski definition) is 3. The van der Waals surface area contributed by atoms with Gasteiger partial charge in [0.05, 0.1) is 6.54 Å². The van der Waals surface area contributed by atoms with E-state index in [0.29, 0.717) is 19.0 Å². The summed E-state index contributed by atoms with van der Waals surface area (Å²) in [5.41, 5.74) is 2.08. The van der Waals surface area contributed by atoms with Crippen LogP contribution in [-0.2, 0) is 11.3 Å². The van der Waals surface area contributed by atoms with Gasteiger partial charge in [-0.15, -0.1) is 0 Å². The molecule has 1 aliphatic rings. The first-order valence-electron chi connectivity index (χ1n) is 8.32. The summed E-state index contributed by atoms with van der Waals surface area (Å²) in [6, 6.07) is 8.29. The summed E-state index contributed by atoms with van der Waals surface area (Å²) in [6.45, 7) is 2.73. The Morgan fingerprint density at radius 3 is 2.88 bits per heavy atom. The summed E-state index contributed by atoms with van der Waals surface area (Å²) in [7, 11) is 1.79. The monoisotopic (exact) mass is 330 g/mol. The van der Waals surface area contributed by atoms with Crippen molar-refractivity contribution in [2.45, 2.75) is 25.3 Å². The maximum absolute atomic E-state index is 13.0. The first kappa shape index (κ1) is 16.6. The van der Waals surface area contributed by atoms with Gasteiger partial charge >= 0.3 is 0 Å². The van der Waals surface area contributed by atoms with Crippen molar-refractivity contribution >= 4 is 5.91 Å². The number of carbonyl (C=O) groups excluding carboxylic acids is 1. The van der Waals surface area contributed by atoms with Crippen LogP contribution in [0.2, 0.25) is 0 Å². The van der Waals surface area contributed by atoms with Crippen molar-refractivity contribution in [3.05, 3.63) is 53.6 Å². The number of likely N-dealkylation sites (tertiary alicyclic amines) is 1. The second-order valence-corrected chi connectivity index (χ2v) is 6.46. The van der Waals surface area contributed by atoms with Crippen molar-refractivity contribution in [3.8, 4) is 0 Å². The fourth-order valence-electron chi connectivity index (χ4n) is 3.21. The maximum Gasteiger partial charge on any atom is 0.236 e. The van der Waals surface area contributed by atoms with Crippen molar-refractivity contribution in [2.75, 3.05) is 26.7 Å². The van der Waals surface area contributed by atoms with Crippen LogP contribution in [0.3, 0.4) is 0 Å². The number of aromatic amines is 1. The molecule has 0 radical (unpaired) electrons. The third-order valence-corrected chi connectivity index (χ3v) is 4.59. The standard InChI is InChI=1S/C18H23FN4O/c1-22(11-14-4-6-16(19)7-5-14)18(24)13-23-10-2-3-15(12-23)17-8-9-20-21-17/h4-9,15H,2-3,10-13H2,1H3,(H,20,21)/t15-/m0/s1. The molecule has 24 heavy (non-hydrogen) atoms. The van der Waals surface area contributed by atoms with Gasteiger partial charge in [0.2, 0.25) is 5.91 Å². The van der Waals surface area contributed by atoms with Crippen LogP contribution in [0.25, 0.3) is 0 Å². The third kappa shape index (κ3) is 4.20. The minimum absolute atomic E-state index is 0.0876. The highest BCUT2D eigenvalue weighted by Gasteiger charge is 2.24. The molecule has 2 heterocycles. The first-order chi connectivity index (χ1) is 11.6. The highest BCUT2D eigenvalue weighted by atomic mass is 19.1. The van der Waals surface area contributed by atoms with Gasteiger partial charge < -0.3 is 4.90 Å². The summed E-state index contributed by atoms with van der Waals surface area (Å²) in [6.07, 6.45) is 3.98. The molecule has 0 bridgehead atoms. The molecule has 1 fully saturated rings. The van der Waals surface area contributed by atoms with Crippen LogP contribution < -0.4 is 0 Å². The summed E-state index contributed by atoms with van der Waals surface area (Å²) < 4.78 is 13.0. The van der Waals surface area contributed by atoms with Crippen molar-refractivity contribution in [3.63, 3.8) is 0 Å². The number of nitrogens with one attached hydrogen (secondary N) is 1. The Bertz CT molecular complexity index is 656. The van der Waals surface area contributed by atoms with Gasteiger partial charge in [-0.25, -0.2) is 4.39 Å².